The highest BCUT2D eigenvalue weighted by molar-refractivity contribution is 5.25. The summed E-state index contributed by atoms with van der Waals surface area (Å²) in [4.78, 5) is 4.60. The summed E-state index contributed by atoms with van der Waals surface area (Å²) >= 11 is 0. The Morgan fingerprint density at radius 2 is 1.88 bits per heavy atom. The summed E-state index contributed by atoms with van der Waals surface area (Å²) in [6.07, 6.45) is 6.91. The molecule has 94 valence electrons. The fraction of sp³-hybridized carbons (Fsp3) is 0.667. The molecule has 1 aromatic heterocycles. The lowest BCUT2D eigenvalue weighted by Crippen LogP contribution is -2.27. The van der Waals surface area contributed by atoms with E-state index in [2.05, 4.69) is 43.3 Å². The van der Waals surface area contributed by atoms with Gasteiger partial charge in [0.2, 0.25) is 0 Å². The predicted octanol–water partition coefficient (Wildman–Crippen LogP) is 3.54. The fourth-order valence-electron chi connectivity index (χ4n) is 3.14. The van der Waals surface area contributed by atoms with Gasteiger partial charge in [-0.05, 0) is 51.3 Å². The topological polar surface area (TPSA) is 24.9 Å². The number of nitrogens with zero attached hydrogens (tertiary/aromatic N) is 1. The third kappa shape index (κ3) is 2.86. The molecule has 1 fully saturated rings. The van der Waals surface area contributed by atoms with Gasteiger partial charge in [0, 0.05) is 17.4 Å². The molecule has 0 aliphatic heterocycles. The van der Waals surface area contributed by atoms with Gasteiger partial charge in [-0.3, -0.25) is 4.98 Å². The van der Waals surface area contributed by atoms with E-state index >= 15 is 0 Å². The van der Waals surface area contributed by atoms with Crippen molar-refractivity contribution in [2.75, 3.05) is 7.05 Å². The first-order valence-electron chi connectivity index (χ1n) is 6.84. The zero-order valence-corrected chi connectivity index (χ0v) is 11.3. The van der Waals surface area contributed by atoms with Crippen LogP contribution in [0.1, 0.15) is 55.1 Å². The lowest BCUT2D eigenvalue weighted by Gasteiger charge is -2.31. The fourth-order valence-corrected chi connectivity index (χ4v) is 3.14. The minimum atomic E-state index is 0.489. The number of hydrogen-bond donors (Lipinski definition) is 1. The highest BCUT2D eigenvalue weighted by Crippen LogP contribution is 2.34. The van der Waals surface area contributed by atoms with E-state index < -0.39 is 0 Å². The Balaban J connectivity index is 2.21. The van der Waals surface area contributed by atoms with Gasteiger partial charge < -0.3 is 5.32 Å². The van der Waals surface area contributed by atoms with E-state index in [1.165, 1.54) is 43.4 Å². The summed E-state index contributed by atoms with van der Waals surface area (Å²) in [5.41, 5.74) is 3.70. The summed E-state index contributed by atoms with van der Waals surface area (Å²) < 4.78 is 0. The molecule has 17 heavy (non-hydrogen) atoms. The molecule has 1 unspecified atom stereocenters. The molecule has 1 aliphatic carbocycles. The number of pyridine rings is 1. The molecule has 0 spiro atoms. The minimum absolute atomic E-state index is 0.489. The standard InChI is InChI=1S/C15H24N2/c1-11-9-10-14(12(2)17-11)15(16-3)13-7-5-4-6-8-13/h9-10,13,15-16H,4-8H2,1-3H3. The van der Waals surface area contributed by atoms with Crippen molar-refractivity contribution >= 4 is 0 Å². The smallest absolute Gasteiger partial charge is 0.0423 e. The van der Waals surface area contributed by atoms with Gasteiger partial charge in [0.1, 0.15) is 0 Å². The average Bonchev–Trinajstić information content (AvgIpc) is 2.34. The highest BCUT2D eigenvalue weighted by Gasteiger charge is 2.25. The van der Waals surface area contributed by atoms with Crippen molar-refractivity contribution in [3.63, 3.8) is 0 Å². The van der Waals surface area contributed by atoms with Crippen molar-refractivity contribution in [1.82, 2.24) is 10.3 Å². The van der Waals surface area contributed by atoms with E-state index in [0.29, 0.717) is 6.04 Å². The molecule has 2 nitrogen and oxygen atoms in total. The number of rotatable bonds is 3. The average molecular weight is 232 g/mol. The molecule has 0 saturated heterocycles. The lowest BCUT2D eigenvalue weighted by molar-refractivity contribution is 0.280. The second kappa shape index (κ2) is 5.63. The highest BCUT2D eigenvalue weighted by atomic mass is 14.9. The summed E-state index contributed by atoms with van der Waals surface area (Å²) in [5.74, 6) is 0.789. The van der Waals surface area contributed by atoms with E-state index in [9.17, 15) is 0 Å². The summed E-state index contributed by atoms with van der Waals surface area (Å²) in [6, 6.07) is 4.88. The second-order valence-corrected chi connectivity index (χ2v) is 5.29. The molecule has 0 aromatic carbocycles. The Bertz CT molecular complexity index is 367. The molecule has 0 radical (unpaired) electrons. The van der Waals surface area contributed by atoms with Gasteiger partial charge >= 0.3 is 0 Å². The third-order valence-electron chi connectivity index (χ3n) is 4.03. The monoisotopic (exact) mass is 232 g/mol. The molecule has 2 heteroatoms. The van der Waals surface area contributed by atoms with Crippen LogP contribution in [0.25, 0.3) is 0 Å². The van der Waals surface area contributed by atoms with E-state index in [1.807, 2.05) is 0 Å². The van der Waals surface area contributed by atoms with Crippen LogP contribution in [0.15, 0.2) is 12.1 Å². The van der Waals surface area contributed by atoms with E-state index in [1.54, 1.807) is 0 Å². The zero-order chi connectivity index (χ0) is 12.3. The molecule has 1 saturated carbocycles. The van der Waals surface area contributed by atoms with Gasteiger partial charge in [-0.1, -0.05) is 25.3 Å². The molecule has 0 bridgehead atoms. The van der Waals surface area contributed by atoms with Gasteiger partial charge in [0.25, 0.3) is 0 Å². The SMILES string of the molecule is CNC(c1ccc(C)nc1C)C1CCCCC1. The number of aryl methyl sites for hydroxylation is 2. The Morgan fingerprint density at radius 3 is 2.47 bits per heavy atom. The van der Waals surface area contributed by atoms with Crippen LogP contribution in [0.2, 0.25) is 0 Å². The van der Waals surface area contributed by atoms with Crippen LogP contribution in [0.3, 0.4) is 0 Å². The molecular weight excluding hydrogens is 208 g/mol. The summed E-state index contributed by atoms with van der Waals surface area (Å²) in [7, 11) is 2.08. The maximum absolute atomic E-state index is 4.60. The van der Waals surface area contributed by atoms with Gasteiger partial charge in [-0.15, -0.1) is 0 Å². The molecule has 1 heterocycles. The summed E-state index contributed by atoms with van der Waals surface area (Å²) in [5, 5.41) is 3.51. The van der Waals surface area contributed by atoms with Gasteiger partial charge in [0.15, 0.2) is 0 Å². The molecular formula is C15H24N2. The first-order chi connectivity index (χ1) is 8.22. The van der Waals surface area contributed by atoms with Crippen LogP contribution in [0.4, 0.5) is 0 Å². The Kier molecular flexibility index (Phi) is 4.16. The molecule has 1 atom stereocenters. The molecule has 0 amide bonds. The van der Waals surface area contributed by atoms with Gasteiger partial charge in [-0.25, -0.2) is 0 Å². The van der Waals surface area contributed by atoms with Crippen molar-refractivity contribution in [2.45, 2.75) is 52.0 Å². The van der Waals surface area contributed by atoms with Gasteiger partial charge in [0.05, 0.1) is 0 Å². The molecule has 1 aliphatic rings. The van der Waals surface area contributed by atoms with E-state index in [0.717, 1.165) is 11.6 Å². The largest absolute Gasteiger partial charge is 0.313 e. The van der Waals surface area contributed by atoms with Crippen LogP contribution < -0.4 is 5.32 Å². The molecule has 1 N–H and O–H groups in total. The van der Waals surface area contributed by atoms with E-state index in [-0.39, 0.29) is 0 Å². The predicted molar refractivity (Wildman–Crippen MR) is 72.1 cm³/mol. The Labute approximate surface area is 105 Å². The van der Waals surface area contributed by atoms with Crippen molar-refractivity contribution in [2.24, 2.45) is 5.92 Å². The van der Waals surface area contributed by atoms with Crippen molar-refractivity contribution in [3.05, 3.63) is 29.1 Å². The third-order valence-corrected chi connectivity index (χ3v) is 4.03. The van der Waals surface area contributed by atoms with Crippen LogP contribution in [-0.2, 0) is 0 Å². The van der Waals surface area contributed by atoms with Crippen molar-refractivity contribution in [3.8, 4) is 0 Å². The molecule has 2 rings (SSSR count). The Hall–Kier alpha value is -0.890. The van der Waals surface area contributed by atoms with Crippen LogP contribution in [0.5, 0.6) is 0 Å². The maximum atomic E-state index is 4.60. The lowest BCUT2D eigenvalue weighted by atomic mass is 9.81. The van der Waals surface area contributed by atoms with E-state index in [4.69, 9.17) is 0 Å². The van der Waals surface area contributed by atoms with Gasteiger partial charge in [-0.2, -0.15) is 0 Å². The molecule has 1 aromatic rings. The number of hydrogen-bond acceptors (Lipinski definition) is 2. The zero-order valence-electron chi connectivity index (χ0n) is 11.3. The first-order valence-corrected chi connectivity index (χ1v) is 6.84. The second-order valence-electron chi connectivity index (χ2n) is 5.29. The van der Waals surface area contributed by atoms with Crippen molar-refractivity contribution < 1.29 is 0 Å². The quantitative estimate of drug-likeness (QED) is 0.862. The normalized spacial score (nSPS) is 19.2. The van der Waals surface area contributed by atoms with Crippen LogP contribution in [0, 0.1) is 19.8 Å². The first kappa shape index (κ1) is 12.6. The van der Waals surface area contributed by atoms with Crippen molar-refractivity contribution in [1.29, 1.82) is 0 Å². The number of aromatic nitrogens is 1. The minimum Gasteiger partial charge on any atom is -0.313 e. The van der Waals surface area contributed by atoms with Crippen LogP contribution >= 0.6 is 0 Å². The number of nitrogens with one attached hydrogen (secondary N) is 1. The Morgan fingerprint density at radius 1 is 1.18 bits per heavy atom. The summed E-state index contributed by atoms with van der Waals surface area (Å²) in [6.45, 7) is 4.20. The maximum Gasteiger partial charge on any atom is 0.0423 e. The van der Waals surface area contributed by atoms with Crippen LogP contribution in [-0.4, -0.2) is 12.0 Å².